The average Bonchev–Trinajstić information content (AvgIpc) is 2.71. The predicted octanol–water partition coefficient (Wildman–Crippen LogP) is -0.0123. The Bertz CT molecular complexity index is 437. The van der Waals surface area contributed by atoms with Crippen LogP contribution in [0.4, 0.5) is 0 Å². The largest absolute Gasteiger partial charge is 0.481 e. The lowest BCUT2D eigenvalue weighted by Crippen LogP contribution is -2.26. The van der Waals surface area contributed by atoms with E-state index < -0.39 is 23.7 Å². The third kappa shape index (κ3) is 1.65. The zero-order chi connectivity index (χ0) is 11.9. The van der Waals surface area contributed by atoms with Gasteiger partial charge in [0.25, 0.3) is 0 Å². The van der Waals surface area contributed by atoms with E-state index in [2.05, 4.69) is 10.4 Å². The van der Waals surface area contributed by atoms with Gasteiger partial charge in [0, 0.05) is 19.5 Å². The van der Waals surface area contributed by atoms with Gasteiger partial charge in [-0.15, -0.1) is 0 Å². The zero-order valence-electron chi connectivity index (χ0n) is 8.48. The molecular formula is C9H10ClN3O3. The maximum Gasteiger partial charge on any atom is 0.316 e. The molecule has 1 aromatic heterocycles. The molecule has 2 atom stereocenters. The fourth-order valence-corrected chi connectivity index (χ4v) is 1.98. The van der Waals surface area contributed by atoms with E-state index in [0.29, 0.717) is 10.8 Å². The number of nitrogens with zero attached hydrogens (tertiary/aromatic N) is 2. The third-order valence-corrected chi connectivity index (χ3v) is 3.02. The SMILES string of the molecule is Cn1nc([C@H]2CNC(=O)[C@@H]2C(=O)O)cc1Cl. The Labute approximate surface area is 96.2 Å². The minimum Gasteiger partial charge on any atom is -0.481 e. The highest BCUT2D eigenvalue weighted by atomic mass is 35.5. The van der Waals surface area contributed by atoms with E-state index >= 15 is 0 Å². The molecule has 16 heavy (non-hydrogen) atoms. The summed E-state index contributed by atoms with van der Waals surface area (Å²) in [7, 11) is 1.66. The van der Waals surface area contributed by atoms with Crippen LogP contribution in [-0.2, 0) is 16.6 Å². The summed E-state index contributed by atoms with van der Waals surface area (Å²) in [6.45, 7) is 0.281. The first-order valence-electron chi connectivity index (χ1n) is 4.70. The van der Waals surface area contributed by atoms with Crippen molar-refractivity contribution >= 4 is 23.5 Å². The molecule has 1 amide bonds. The first-order chi connectivity index (χ1) is 7.50. The minimum absolute atomic E-state index is 0.281. The summed E-state index contributed by atoms with van der Waals surface area (Å²) in [6.07, 6.45) is 0. The Morgan fingerprint density at radius 1 is 1.75 bits per heavy atom. The summed E-state index contributed by atoms with van der Waals surface area (Å²) in [5.74, 6) is -3.14. The molecule has 0 aliphatic carbocycles. The summed E-state index contributed by atoms with van der Waals surface area (Å²) in [5, 5.41) is 16.0. The molecule has 0 spiro atoms. The summed E-state index contributed by atoms with van der Waals surface area (Å²) in [4.78, 5) is 22.3. The molecule has 0 unspecified atom stereocenters. The quantitative estimate of drug-likeness (QED) is 0.716. The van der Waals surface area contributed by atoms with E-state index in [1.54, 1.807) is 13.1 Å². The van der Waals surface area contributed by atoms with Crippen molar-refractivity contribution in [3.05, 3.63) is 16.9 Å². The average molecular weight is 244 g/mol. The van der Waals surface area contributed by atoms with E-state index in [1.165, 1.54) is 4.68 Å². The summed E-state index contributed by atoms with van der Waals surface area (Å²) < 4.78 is 1.44. The van der Waals surface area contributed by atoms with Gasteiger partial charge in [0.15, 0.2) is 0 Å². The lowest BCUT2D eigenvalue weighted by Gasteiger charge is -2.09. The van der Waals surface area contributed by atoms with E-state index in [-0.39, 0.29) is 6.54 Å². The first-order valence-corrected chi connectivity index (χ1v) is 5.08. The number of carbonyl (C=O) groups is 2. The molecule has 0 radical (unpaired) electrons. The van der Waals surface area contributed by atoms with Gasteiger partial charge >= 0.3 is 5.97 Å². The number of nitrogens with one attached hydrogen (secondary N) is 1. The molecule has 1 aliphatic heterocycles. The predicted molar refractivity (Wildman–Crippen MR) is 55.1 cm³/mol. The van der Waals surface area contributed by atoms with Crippen molar-refractivity contribution in [3.63, 3.8) is 0 Å². The number of carboxylic acids is 1. The van der Waals surface area contributed by atoms with Crippen LogP contribution in [-0.4, -0.2) is 33.3 Å². The minimum atomic E-state index is -1.14. The molecule has 6 nitrogen and oxygen atoms in total. The second-order valence-electron chi connectivity index (χ2n) is 3.68. The van der Waals surface area contributed by atoms with Gasteiger partial charge < -0.3 is 10.4 Å². The second kappa shape index (κ2) is 3.79. The number of rotatable bonds is 2. The number of aryl methyl sites for hydroxylation is 1. The smallest absolute Gasteiger partial charge is 0.316 e. The summed E-state index contributed by atoms with van der Waals surface area (Å²) in [5.41, 5.74) is 0.526. The van der Waals surface area contributed by atoms with Crippen LogP contribution >= 0.6 is 11.6 Å². The van der Waals surface area contributed by atoms with Crippen molar-refractivity contribution in [1.82, 2.24) is 15.1 Å². The molecule has 2 rings (SSSR count). The number of hydrogen-bond donors (Lipinski definition) is 2. The lowest BCUT2D eigenvalue weighted by molar-refractivity contribution is -0.145. The Balaban J connectivity index is 2.33. The first kappa shape index (κ1) is 10.9. The monoisotopic (exact) mass is 243 g/mol. The lowest BCUT2D eigenvalue weighted by atomic mass is 9.93. The number of aromatic nitrogens is 2. The van der Waals surface area contributed by atoms with Crippen LogP contribution in [0.5, 0.6) is 0 Å². The number of aliphatic carboxylic acids is 1. The molecule has 0 saturated carbocycles. The van der Waals surface area contributed by atoms with Crippen LogP contribution in [0.1, 0.15) is 11.6 Å². The molecule has 0 aromatic carbocycles. The van der Waals surface area contributed by atoms with Crippen LogP contribution in [0, 0.1) is 5.92 Å². The molecule has 1 fully saturated rings. The maximum atomic E-state index is 11.3. The normalized spacial score (nSPS) is 24.5. The van der Waals surface area contributed by atoms with Gasteiger partial charge in [-0.2, -0.15) is 5.10 Å². The van der Waals surface area contributed by atoms with E-state index in [1.807, 2.05) is 0 Å². The van der Waals surface area contributed by atoms with Crippen molar-refractivity contribution in [2.24, 2.45) is 13.0 Å². The van der Waals surface area contributed by atoms with Gasteiger partial charge in [0.05, 0.1) is 5.69 Å². The van der Waals surface area contributed by atoms with Crippen molar-refractivity contribution in [3.8, 4) is 0 Å². The second-order valence-corrected chi connectivity index (χ2v) is 4.07. The highest BCUT2D eigenvalue weighted by Crippen LogP contribution is 2.29. The van der Waals surface area contributed by atoms with Crippen LogP contribution in [0.3, 0.4) is 0 Å². The highest BCUT2D eigenvalue weighted by molar-refractivity contribution is 6.29. The summed E-state index contributed by atoms with van der Waals surface area (Å²) >= 11 is 5.82. The van der Waals surface area contributed by atoms with Gasteiger partial charge in [-0.3, -0.25) is 14.3 Å². The standard InChI is InChI=1S/C9H10ClN3O3/c1-13-6(10)2-5(12-13)4-3-11-8(14)7(4)9(15)16/h2,4,7H,3H2,1H3,(H,11,14)(H,15,16)/t4-,7-/m1/s1. The van der Waals surface area contributed by atoms with Crippen LogP contribution in [0.2, 0.25) is 5.15 Å². The molecule has 1 saturated heterocycles. The van der Waals surface area contributed by atoms with Gasteiger partial charge in [0.1, 0.15) is 11.1 Å². The van der Waals surface area contributed by atoms with Crippen LogP contribution in [0.25, 0.3) is 0 Å². The van der Waals surface area contributed by atoms with Crippen LogP contribution < -0.4 is 5.32 Å². The Morgan fingerprint density at radius 2 is 2.44 bits per heavy atom. The van der Waals surface area contributed by atoms with Crippen molar-refractivity contribution < 1.29 is 14.7 Å². The fourth-order valence-electron chi connectivity index (χ4n) is 1.83. The topological polar surface area (TPSA) is 84.2 Å². The van der Waals surface area contributed by atoms with Gasteiger partial charge in [-0.1, -0.05) is 11.6 Å². The Morgan fingerprint density at radius 3 is 2.94 bits per heavy atom. The number of hydrogen-bond acceptors (Lipinski definition) is 3. The third-order valence-electron chi connectivity index (χ3n) is 2.67. The van der Waals surface area contributed by atoms with E-state index in [4.69, 9.17) is 16.7 Å². The van der Waals surface area contributed by atoms with Crippen molar-refractivity contribution in [2.45, 2.75) is 5.92 Å². The fraction of sp³-hybridized carbons (Fsp3) is 0.444. The molecule has 1 aliphatic rings. The molecular weight excluding hydrogens is 234 g/mol. The van der Waals surface area contributed by atoms with Gasteiger partial charge in [-0.05, 0) is 6.07 Å². The number of halogens is 1. The maximum absolute atomic E-state index is 11.3. The molecule has 0 bridgehead atoms. The van der Waals surface area contributed by atoms with Crippen LogP contribution in [0.15, 0.2) is 6.07 Å². The van der Waals surface area contributed by atoms with E-state index in [0.717, 1.165) is 0 Å². The molecule has 86 valence electrons. The molecule has 7 heteroatoms. The zero-order valence-corrected chi connectivity index (χ0v) is 9.23. The number of carboxylic acid groups (broad SMARTS) is 1. The van der Waals surface area contributed by atoms with Gasteiger partial charge in [0.2, 0.25) is 5.91 Å². The highest BCUT2D eigenvalue weighted by Gasteiger charge is 2.42. The van der Waals surface area contributed by atoms with Crippen molar-refractivity contribution in [2.75, 3.05) is 6.54 Å². The Hall–Kier alpha value is -1.56. The van der Waals surface area contributed by atoms with Crippen molar-refractivity contribution in [1.29, 1.82) is 0 Å². The Kier molecular flexibility index (Phi) is 2.59. The molecule has 1 aromatic rings. The number of carbonyl (C=O) groups excluding carboxylic acids is 1. The van der Waals surface area contributed by atoms with E-state index in [9.17, 15) is 9.59 Å². The summed E-state index contributed by atoms with van der Waals surface area (Å²) in [6, 6.07) is 1.59. The molecule has 2 heterocycles. The molecule has 2 N–H and O–H groups in total. The number of amides is 1. The van der Waals surface area contributed by atoms with Gasteiger partial charge in [-0.25, -0.2) is 0 Å².